The fourth-order valence-corrected chi connectivity index (χ4v) is 3.01. The van der Waals surface area contributed by atoms with Gasteiger partial charge in [0.15, 0.2) is 0 Å². The van der Waals surface area contributed by atoms with Gasteiger partial charge in [0, 0.05) is 5.56 Å². The monoisotopic (exact) mass is 363 g/mol. The second-order valence-electron chi connectivity index (χ2n) is 6.18. The number of rotatable bonds is 5. The first-order chi connectivity index (χ1) is 13.1. The Bertz CT molecular complexity index is 994. The second-order valence-corrected chi connectivity index (χ2v) is 6.18. The van der Waals surface area contributed by atoms with Crippen molar-refractivity contribution in [1.29, 1.82) is 0 Å². The van der Waals surface area contributed by atoms with Crippen LogP contribution in [0.5, 0.6) is 0 Å². The summed E-state index contributed by atoms with van der Waals surface area (Å²) in [5.41, 5.74) is 2.76. The molecule has 0 aliphatic carbocycles. The van der Waals surface area contributed by atoms with Gasteiger partial charge in [0.05, 0.1) is 30.7 Å². The molecule has 1 aromatic heterocycles. The van der Waals surface area contributed by atoms with E-state index >= 15 is 0 Å². The van der Waals surface area contributed by atoms with E-state index in [4.69, 9.17) is 0 Å². The van der Waals surface area contributed by atoms with E-state index in [-0.39, 0.29) is 31.4 Å². The van der Waals surface area contributed by atoms with Crippen LogP contribution in [0.1, 0.15) is 21.7 Å². The number of urea groups is 1. The Labute approximate surface area is 154 Å². The van der Waals surface area contributed by atoms with Crippen molar-refractivity contribution in [3.8, 4) is 0 Å². The Morgan fingerprint density at radius 1 is 1.11 bits per heavy atom. The SMILES string of the molecule is O=C(NCc1nc2ccccc2[nH]1)c1ccccc1CN1C(=O)CNC1=O. The average Bonchev–Trinajstić information content (AvgIpc) is 3.24. The largest absolute Gasteiger partial charge is 0.345 e. The van der Waals surface area contributed by atoms with Gasteiger partial charge in [-0.05, 0) is 23.8 Å². The minimum Gasteiger partial charge on any atom is -0.345 e. The van der Waals surface area contributed by atoms with Gasteiger partial charge in [-0.2, -0.15) is 0 Å². The fraction of sp³-hybridized carbons (Fsp3) is 0.158. The summed E-state index contributed by atoms with van der Waals surface area (Å²) in [6, 6.07) is 14.1. The summed E-state index contributed by atoms with van der Waals surface area (Å²) in [5.74, 6) is 0.0479. The molecule has 0 bridgehead atoms. The number of fused-ring (bicyclic) bond motifs is 1. The summed E-state index contributed by atoms with van der Waals surface area (Å²) < 4.78 is 0. The number of hydrogen-bond acceptors (Lipinski definition) is 4. The zero-order valence-electron chi connectivity index (χ0n) is 14.4. The van der Waals surface area contributed by atoms with Crippen LogP contribution in [0.2, 0.25) is 0 Å². The predicted octanol–water partition coefficient (Wildman–Crippen LogP) is 1.54. The topological polar surface area (TPSA) is 107 Å². The smallest absolute Gasteiger partial charge is 0.324 e. The molecule has 2 aromatic carbocycles. The summed E-state index contributed by atoms with van der Waals surface area (Å²) in [6.45, 7) is 0.281. The summed E-state index contributed by atoms with van der Waals surface area (Å²) in [6.07, 6.45) is 0. The Kier molecular flexibility index (Phi) is 4.29. The second kappa shape index (κ2) is 6.91. The lowest BCUT2D eigenvalue weighted by Gasteiger charge is -2.15. The third kappa shape index (κ3) is 3.37. The first-order valence-corrected chi connectivity index (χ1v) is 8.50. The molecule has 8 heteroatoms. The van der Waals surface area contributed by atoms with Crippen LogP contribution in [0.3, 0.4) is 0 Å². The van der Waals surface area contributed by atoms with Crippen molar-refractivity contribution in [2.45, 2.75) is 13.1 Å². The number of imidazole rings is 1. The van der Waals surface area contributed by atoms with Crippen molar-refractivity contribution in [2.75, 3.05) is 6.54 Å². The Hall–Kier alpha value is -3.68. The van der Waals surface area contributed by atoms with Gasteiger partial charge in [-0.3, -0.25) is 14.5 Å². The Morgan fingerprint density at radius 2 is 1.89 bits per heavy atom. The van der Waals surface area contributed by atoms with E-state index in [9.17, 15) is 14.4 Å². The summed E-state index contributed by atoms with van der Waals surface area (Å²) in [7, 11) is 0. The van der Waals surface area contributed by atoms with E-state index in [1.165, 1.54) is 0 Å². The highest BCUT2D eigenvalue weighted by Crippen LogP contribution is 2.15. The molecule has 1 saturated heterocycles. The van der Waals surface area contributed by atoms with E-state index in [1.54, 1.807) is 24.3 Å². The zero-order valence-corrected chi connectivity index (χ0v) is 14.4. The lowest BCUT2D eigenvalue weighted by atomic mass is 10.1. The van der Waals surface area contributed by atoms with Gasteiger partial charge < -0.3 is 15.6 Å². The van der Waals surface area contributed by atoms with E-state index in [0.29, 0.717) is 17.0 Å². The molecule has 3 aromatic rings. The first kappa shape index (κ1) is 16.8. The third-order valence-electron chi connectivity index (χ3n) is 4.38. The van der Waals surface area contributed by atoms with Gasteiger partial charge in [-0.25, -0.2) is 9.78 Å². The number of amides is 4. The van der Waals surface area contributed by atoms with Gasteiger partial charge in [0.25, 0.3) is 5.91 Å². The van der Waals surface area contributed by atoms with Crippen molar-refractivity contribution in [2.24, 2.45) is 0 Å². The van der Waals surface area contributed by atoms with Crippen LogP contribution in [0.25, 0.3) is 11.0 Å². The minimum absolute atomic E-state index is 0.0146. The molecule has 3 N–H and O–H groups in total. The highest BCUT2D eigenvalue weighted by molar-refractivity contribution is 6.02. The number of nitrogens with zero attached hydrogens (tertiary/aromatic N) is 2. The van der Waals surface area contributed by atoms with E-state index in [1.807, 2.05) is 24.3 Å². The van der Waals surface area contributed by atoms with Gasteiger partial charge in [0.1, 0.15) is 5.82 Å². The molecule has 1 fully saturated rings. The van der Waals surface area contributed by atoms with Gasteiger partial charge >= 0.3 is 6.03 Å². The number of aromatic nitrogens is 2. The number of nitrogens with one attached hydrogen (secondary N) is 3. The third-order valence-corrected chi connectivity index (χ3v) is 4.38. The van der Waals surface area contributed by atoms with Crippen LogP contribution in [-0.2, 0) is 17.9 Å². The highest BCUT2D eigenvalue weighted by atomic mass is 16.2. The molecular weight excluding hydrogens is 346 g/mol. The summed E-state index contributed by atoms with van der Waals surface area (Å²) in [5, 5.41) is 5.30. The van der Waals surface area contributed by atoms with Crippen LogP contribution in [0.4, 0.5) is 4.79 Å². The molecule has 136 valence electrons. The van der Waals surface area contributed by atoms with Crippen molar-refractivity contribution < 1.29 is 14.4 Å². The number of hydrogen-bond donors (Lipinski definition) is 3. The quantitative estimate of drug-likeness (QED) is 0.598. The molecule has 8 nitrogen and oxygen atoms in total. The number of para-hydroxylation sites is 2. The number of carbonyl (C=O) groups excluding carboxylic acids is 3. The molecule has 0 unspecified atom stereocenters. The van der Waals surface area contributed by atoms with Crippen LogP contribution < -0.4 is 10.6 Å². The maximum absolute atomic E-state index is 12.6. The maximum atomic E-state index is 12.6. The van der Waals surface area contributed by atoms with Crippen LogP contribution >= 0.6 is 0 Å². The minimum atomic E-state index is -0.447. The molecule has 2 heterocycles. The molecular formula is C19H17N5O3. The van der Waals surface area contributed by atoms with Gasteiger partial charge in [-0.15, -0.1) is 0 Å². The standard InChI is InChI=1S/C19H17N5O3/c25-17-10-21-19(27)24(17)11-12-5-1-2-6-13(12)18(26)20-9-16-22-14-7-3-4-8-15(14)23-16/h1-8H,9-11H2,(H,20,26)(H,21,27)(H,22,23). The molecule has 0 radical (unpaired) electrons. The molecule has 1 aliphatic heterocycles. The molecule has 0 saturated carbocycles. The zero-order chi connectivity index (χ0) is 18.8. The fourth-order valence-electron chi connectivity index (χ4n) is 3.01. The Balaban J connectivity index is 1.48. The molecule has 4 rings (SSSR count). The number of imide groups is 1. The van der Waals surface area contributed by atoms with E-state index < -0.39 is 6.03 Å². The first-order valence-electron chi connectivity index (χ1n) is 8.50. The number of carbonyl (C=O) groups is 3. The van der Waals surface area contributed by atoms with Crippen LogP contribution in [0.15, 0.2) is 48.5 Å². The van der Waals surface area contributed by atoms with Crippen LogP contribution in [0, 0.1) is 0 Å². The Morgan fingerprint density at radius 3 is 2.67 bits per heavy atom. The van der Waals surface area contributed by atoms with Gasteiger partial charge in [-0.1, -0.05) is 30.3 Å². The molecule has 0 spiro atoms. The molecule has 27 heavy (non-hydrogen) atoms. The van der Waals surface area contributed by atoms with Gasteiger partial charge in [0.2, 0.25) is 5.91 Å². The van der Waals surface area contributed by atoms with Crippen molar-refractivity contribution in [3.05, 3.63) is 65.5 Å². The molecule has 4 amide bonds. The normalized spacial score (nSPS) is 13.9. The number of aromatic amines is 1. The summed E-state index contributed by atoms with van der Waals surface area (Å²) in [4.78, 5) is 44.9. The predicted molar refractivity (Wildman–Crippen MR) is 97.7 cm³/mol. The highest BCUT2D eigenvalue weighted by Gasteiger charge is 2.29. The van der Waals surface area contributed by atoms with Crippen molar-refractivity contribution in [3.63, 3.8) is 0 Å². The molecule has 0 atom stereocenters. The van der Waals surface area contributed by atoms with E-state index in [2.05, 4.69) is 20.6 Å². The lowest BCUT2D eigenvalue weighted by molar-refractivity contribution is -0.125. The lowest BCUT2D eigenvalue weighted by Crippen LogP contribution is -2.32. The molecule has 1 aliphatic rings. The summed E-state index contributed by atoms with van der Waals surface area (Å²) >= 11 is 0. The number of H-pyrrole nitrogens is 1. The van der Waals surface area contributed by atoms with Crippen molar-refractivity contribution >= 4 is 28.9 Å². The van der Waals surface area contributed by atoms with Crippen molar-refractivity contribution in [1.82, 2.24) is 25.5 Å². The van der Waals surface area contributed by atoms with E-state index in [0.717, 1.165) is 15.9 Å². The maximum Gasteiger partial charge on any atom is 0.324 e. The van der Waals surface area contributed by atoms with Crippen LogP contribution in [-0.4, -0.2) is 39.3 Å². The average molecular weight is 363 g/mol. The number of benzene rings is 2.